The van der Waals surface area contributed by atoms with Crippen LogP contribution in [0.3, 0.4) is 0 Å². The molecule has 3 amide bonds. The molecule has 0 unspecified atom stereocenters. The van der Waals surface area contributed by atoms with Crippen molar-refractivity contribution >= 4 is 23.4 Å². The Bertz CT molecular complexity index is 687. The maximum absolute atomic E-state index is 12.7. The van der Waals surface area contributed by atoms with E-state index in [1.165, 1.54) is 0 Å². The lowest BCUT2D eigenvalue weighted by molar-refractivity contribution is -0.136. The molecule has 0 spiro atoms. The molecule has 0 radical (unpaired) electrons. The van der Waals surface area contributed by atoms with Crippen LogP contribution in [0.4, 0.5) is 5.69 Å². The molecule has 3 N–H and O–H groups in total. The third-order valence-corrected chi connectivity index (χ3v) is 4.91. The standard InChI is InChI=1S/C20H30N4O4/c1-3-10-24(13-18(25)22-16-6-4-5-7-17(16)28-2)19(26)14-23-11-8-15(9-12-23)20(21)27/h4-7,15H,3,8-14H2,1-2H3,(H2,21,27)(H,22,25). The number of benzene rings is 1. The number of hydrogen-bond acceptors (Lipinski definition) is 5. The number of carbonyl (C=O) groups excluding carboxylic acids is 3. The Morgan fingerprint density at radius 3 is 2.54 bits per heavy atom. The van der Waals surface area contributed by atoms with E-state index in [1.54, 1.807) is 24.1 Å². The maximum atomic E-state index is 12.7. The third kappa shape index (κ3) is 6.23. The summed E-state index contributed by atoms with van der Waals surface area (Å²) in [4.78, 5) is 40.0. The van der Waals surface area contributed by atoms with E-state index in [9.17, 15) is 14.4 Å². The van der Waals surface area contributed by atoms with Gasteiger partial charge >= 0.3 is 0 Å². The summed E-state index contributed by atoms with van der Waals surface area (Å²) in [5.74, 6) is -0.161. The van der Waals surface area contributed by atoms with Gasteiger partial charge in [0.15, 0.2) is 0 Å². The van der Waals surface area contributed by atoms with E-state index in [0.717, 1.165) is 6.42 Å². The van der Waals surface area contributed by atoms with Gasteiger partial charge in [-0.15, -0.1) is 0 Å². The Labute approximate surface area is 166 Å². The average molecular weight is 390 g/mol. The fraction of sp³-hybridized carbons (Fsp3) is 0.550. The number of rotatable bonds is 9. The quantitative estimate of drug-likeness (QED) is 0.656. The first-order chi connectivity index (χ1) is 13.4. The molecule has 0 aliphatic carbocycles. The maximum Gasteiger partial charge on any atom is 0.244 e. The van der Waals surface area contributed by atoms with Gasteiger partial charge in [-0.3, -0.25) is 19.3 Å². The van der Waals surface area contributed by atoms with Crippen LogP contribution in [0, 0.1) is 5.92 Å². The molecule has 1 heterocycles. The SMILES string of the molecule is CCCN(CC(=O)Nc1ccccc1OC)C(=O)CN1CCC(C(N)=O)CC1. The highest BCUT2D eigenvalue weighted by Crippen LogP contribution is 2.23. The number of anilines is 1. The Hall–Kier alpha value is -2.61. The molecule has 154 valence electrons. The summed E-state index contributed by atoms with van der Waals surface area (Å²) < 4.78 is 5.24. The van der Waals surface area contributed by atoms with Crippen LogP contribution < -0.4 is 15.8 Å². The normalized spacial score (nSPS) is 15.1. The Balaban J connectivity index is 1.90. The highest BCUT2D eigenvalue weighted by Gasteiger charge is 2.26. The molecule has 1 aliphatic rings. The summed E-state index contributed by atoms with van der Waals surface area (Å²) in [5.41, 5.74) is 5.93. The summed E-state index contributed by atoms with van der Waals surface area (Å²) in [7, 11) is 1.54. The van der Waals surface area contributed by atoms with Gasteiger partial charge in [0.2, 0.25) is 17.7 Å². The molecule has 2 rings (SSSR count). The molecule has 28 heavy (non-hydrogen) atoms. The van der Waals surface area contributed by atoms with Crippen LogP contribution in [0.25, 0.3) is 0 Å². The number of amides is 3. The van der Waals surface area contributed by atoms with Gasteiger partial charge < -0.3 is 20.7 Å². The number of carbonyl (C=O) groups is 3. The monoisotopic (exact) mass is 390 g/mol. The molecule has 1 aliphatic heterocycles. The fourth-order valence-electron chi connectivity index (χ4n) is 3.34. The number of primary amides is 1. The minimum Gasteiger partial charge on any atom is -0.495 e. The molecule has 0 bridgehead atoms. The van der Waals surface area contributed by atoms with Gasteiger partial charge in [-0.1, -0.05) is 19.1 Å². The number of nitrogens with zero attached hydrogens (tertiary/aromatic N) is 2. The van der Waals surface area contributed by atoms with E-state index in [0.29, 0.717) is 43.9 Å². The third-order valence-electron chi connectivity index (χ3n) is 4.91. The first kappa shape index (κ1) is 21.7. The van der Waals surface area contributed by atoms with Gasteiger partial charge in [-0.2, -0.15) is 0 Å². The van der Waals surface area contributed by atoms with Gasteiger partial charge in [-0.05, 0) is 44.5 Å². The summed E-state index contributed by atoms with van der Waals surface area (Å²) in [6.45, 7) is 4.03. The first-order valence-corrected chi connectivity index (χ1v) is 9.66. The molecular weight excluding hydrogens is 360 g/mol. The number of piperidine rings is 1. The second-order valence-electron chi connectivity index (χ2n) is 7.02. The molecule has 1 aromatic rings. The summed E-state index contributed by atoms with van der Waals surface area (Å²) >= 11 is 0. The molecule has 8 heteroatoms. The van der Waals surface area contributed by atoms with Crippen molar-refractivity contribution in [1.82, 2.24) is 9.80 Å². The zero-order valence-electron chi connectivity index (χ0n) is 16.6. The Morgan fingerprint density at radius 2 is 1.93 bits per heavy atom. The van der Waals surface area contributed by atoms with Crippen LogP contribution in [0.5, 0.6) is 5.75 Å². The number of nitrogens with two attached hydrogens (primary N) is 1. The van der Waals surface area contributed by atoms with Crippen molar-refractivity contribution in [2.75, 3.05) is 45.2 Å². The fourth-order valence-corrected chi connectivity index (χ4v) is 3.34. The van der Waals surface area contributed by atoms with Crippen molar-refractivity contribution in [3.05, 3.63) is 24.3 Å². The van der Waals surface area contributed by atoms with Crippen molar-refractivity contribution in [2.45, 2.75) is 26.2 Å². The zero-order chi connectivity index (χ0) is 20.5. The van der Waals surface area contributed by atoms with Gasteiger partial charge in [0.1, 0.15) is 5.75 Å². The van der Waals surface area contributed by atoms with E-state index in [2.05, 4.69) is 5.32 Å². The van der Waals surface area contributed by atoms with E-state index in [4.69, 9.17) is 10.5 Å². The lowest BCUT2D eigenvalue weighted by Gasteiger charge is -2.32. The van der Waals surface area contributed by atoms with E-state index in [-0.39, 0.29) is 36.7 Å². The van der Waals surface area contributed by atoms with Gasteiger partial charge in [0.25, 0.3) is 0 Å². The van der Waals surface area contributed by atoms with Crippen LogP contribution in [0.2, 0.25) is 0 Å². The number of nitrogens with one attached hydrogen (secondary N) is 1. The van der Waals surface area contributed by atoms with Crippen molar-refractivity contribution < 1.29 is 19.1 Å². The average Bonchev–Trinajstić information content (AvgIpc) is 2.68. The predicted octanol–water partition coefficient (Wildman–Crippen LogP) is 1.07. The molecule has 0 aromatic heterocycles. The van der Waals surface area contributed by atoms with E-state index >= 15 is 0 Å². The van der Waals surface area contributed by atoms with Crippen molar-refractivity contribution in [3.63, 3.8) is 0 Å². The first-order valence-electron chi connectivity index (χ1n) is 9.66. The molecule has 0 saturated carbocycles. The Kier molecular flexibility index (Phi) is 8.25. The molecule has 0 atom stereocenters. The highest BCUT2D eigenvalue weighted by molar-refractivity contribution is 5.95. The molecule has 8 nitrogen and oxygen atoms in total. The second-order valence-corrected chi connectivity index (χ2v) is 7.02. The van der Waals surface area contributed by atoms with Crippen LogP contribution in [0.1, 0.15) is 26.2 Å². The lowest BCUT2D eigenvalue weighted by Crippen LogP contribution is -2.47. The molecule has 1 fully saturated rings. The van der Waals surface area contributed by atoms with Crippen LogP contribution >= 0.6 is 0 Å². The van der Waals surface area contributed by atoms with E-state index < -0.39 is 0 Å². The topological polar surface area (TPSA) is 105 Å². The van der Waals surface area contributed by atoms with E-state index in [1.807, 2.05) is 24.0 Å². The number of para-hydroxylation sites is 2. The highest BCUT2D eigenvalue weighted by atomic mass is 16.5. The van der Waals surface area contributed by atoms with Crippen LogP contribution in [0.15, 0.2) is 24.3 Å². The van der Waals surface area contributed by atoms with Crippen LogP contribution in [-0.4, -0.2) is 67.4 Å². The number of likely N-dealkylation sites (tertiary alicyclic amines) is 1. The van der Waals surface area contributed by atoms with Crippen molar-refractivity contribution in [2.24, 2.45) is 11.7 Å². The van der Waals surface area contributed by atoms with Gasteiger partial charge in [-0.25, -0.2) is 0 Å². The predicted molar refractivity (Wildman–Crippen MR) is 107 cm³/mol. The zero-order valence-corrected chi connectivity index (χ0v) is 16.6. The number of methoxy groups -OCH3 is 1. The Morgan fingerprint density at radius 1 is 1.25 bits per heavy atom. The largest absolute Gasteiger partial charge is 0.495 e. The summed E-state index contributed by atoms with van der Waals surface area (Å²) in [5, 5.41) is 2.80. The smallest absolute Gasteiger partial charge is 0.244 e. The summed E-state index contributed by atoms with van der Waals surface area (Å²) in [6.07, 6.45) is 2.10. The molecular formula is C20H30N4O4. The minimum absolute atomic E-state index is 0.0114. The van der Waals surface area contributed by atoms with Crippen LogP contribution in [-0.2, 0) is 14.4 Å². The molecule has 1 aromatic carbocycles. The van der Waals surface area contributed by atoms with Crippen molar-refractivity contribution in [3.8, 4) is 5.75 Å². The minimum atomic E-state index is -0.272. The second kappa shape index (κ2) is 10.7. The molecule has 1 saturated heterocycles. The van der Waals surface area contributed by atoms with Crippen molar-refractivity contribution in [1.29, 1.82) is 0 Å². The van der Waals surface area contributed by atoms with Gasteiger partial charge in [0, 0.05) is 12.5 Å². The number of hydrogen-bond donors (Lipinski definition) is 2. The lowest BCUT2D eigenvalue weighted by atomic mass is 9.96. The summed E-state index contributed by atoms with van der Waals surface area (Å²) in [6, 6.07) is 7.15. The number of ether oxygens (including phenoxy) is 1. The van der Waals surface area contributed by atoms with Gasteiger partial charge in [0.05, 0.1) is 25.9 Å².